The second-order valence-corrected chi connectivity index (χ2v) is 7.78. The Hall–Kier alpha value is -3.10. The van der Waals surface area contributed by atoms with E-state index in [-0.39, 0.29) is 17.0 Å². The van der Waals surface area contributed by atoms with Gasteiger partial charge in [-0.25, -0.2) is 9.59 Å². The summed E-state index contributed by atoms with van der Waals surface area (Å²) in [7, 11) is 0. The molecule has 0 radical (unpaired) electrons. The lowest BCUT2D eigenvalue weighted by atomic mass is 10.0. The zero-order chi connectivity index (χ0) is 20.5. The van der Waals surface area contributed by atoms with Gasteiger partial charge in [0, 0.05) is 5.75 Å². The smallest absolute Gasteiger partial charge is 0.356 e. The number of esters is 1. The van der Waals surface area contributed by atoms with Crippen molar-refractivity contribution < 1.29 is 24.2 Å². The molecule has 2 aliphatic rings. The minimum Gasteiger partial charge on any atom is -0.478 e. The van der Waals surface area contributed by atoms with Crippen LogP contribution in [0.1, 0.15) is 17.2 Å². The predicted molar refractivity (Wildman–Crippen MR) is 107 cm³/mol. The Kier molecular flexibility index (Phi) is 5.12. The van der Waals surface area contributed by atoms with Crippen molar-refractivity contribution in [2.75, 3.05) is 5.75 Å². The van der Waals surface area contributed by atoms with E-state index in [1.807, 2.05) is 60.7 Å². The Morgan fingerprint density at radius 2 is 1.62 bits per heavy atom. The van der Waals surface area contributed by atoms with Gasteiger partial charge < -0.3 is 15.6 Å². The van der Waals surface area contributed by atoms with Crippen molar-refractivity contribution in [1.82, 2.24) is 4.90 Å². The maximum absolute atomic E-state index is 13.1. The Morgan fingerprint density at radius 1 is 1.07 bits per heavy atom. The minimum absolute atomic E-state index is 0.0727. The number of carbonyl (C=O) groups excluding carboxylic acids is 2. The molecule has 0 bridgehead atoms. The van der Waals surface area contributed by atoms with Gasteiger partial charge in [0.2, 0.25) is 5.91 Å². The van der Waals surface area contributed by atoms with Gasteiger partial charge in [0.15, 0.2) is 6.10 Å². The molecule has 2 aromatic rings. The van der Waals surface area contributed by atoms with Gasteiger partial charge in [0.1, 0.15) is 17.1 Å². The highest BCUT2D eigenvalue weighted by Gasteiger charge is 2.53. The molecular formula is C21H18N2O5S. The topological polar surface area (TPSA) is 110 Å². The van der Waals surface area contributed by atoms with Gasteiger partial charge >= 0.3 is 11.9 Å². The number of rotatable bonds is 5. The van der Waals surface area contributed by atoms with Crippen LogP contribution in [0, 0.1) is 0 Å². The van der Waals surface area contributed by atoms with Crippen LogP contribution in [-0.2, 0) is 19.1 Å². The molecule has 0 aliphatic carbocycles. The largest absolute Gasteiger partial charge is 0.478 e. The fourth-order valence-electron chi connectivity index (χ4n) is 3.42. The van der Waals surface area contributed by atoms with Crippen molar-refractivity contribution in [3.63, 3.8) is 0 Å². The van der Waals surface area contributed by atoms with Gasteiger partial charge in [0.25, 0.3) is 0 Å². The number of thioether (sulfide) groups is 1. The molecule has 2 heterocycles. The predicted octanol–water partition coefficient (Wildman–Crippen LogP) is 1.90. The van der Waals surface area contributed by atoms with Crippen LogP contribution in [0.15, 0.2) is 71.9 Å². The standard InChI is InChI=1S/C21H18N2O5S/c22-15-18(24)23-16(14(20(25)26)11-29-19(15)23)21(27)28-17(12-7-3-1-4-8-12)13-9-5-2-6-10-13/h1-10,15,17,19H,11,22H2,(H,25,26)/t15?,19-/m1/s1. The molecular weight excluding hydrogens is 392 g/mol. The first kappa shape index (κ1) is 19.2. The Balaban J connectivity index is 1.71. The van der Waals surface area contributed by atoms with E-state index in [1.165, 1.54) is 11.8 Å². The summed E-state index contributed by atoms with van der Waals surface area (Å²) in [5, 5.41) is 9.10. The van der Waals surface area contributed by atoms with E-state index in [9.17, 15) is 19.5 Å². The number of nitrogens with zero attached hydrogens (tertiary/aromatic N) is 1. The van der Waals surface area contributed by atoms with Crippen LogP contribution in [0.2, 0.25) is 0 Å². The van der Waals surface area contributed by atoms with E-state index >= 15 is 0 Å². The molecule has 29 heavy (non-hydrogen) atoms. The molecule has 2 aromatic carbocycles. The number of hydrogen-bond acceptors (Lipinski definition) is 6. The van der Waals surface area contributed by atoms with Crippen molar-refractivity contribution in [2.45, 2.75) is 17.5 Å². The zero-order valence-corrected chi connectivity index (χ0v) is 16.0. The normalized spacial score (nSPS) is 20.9. The number of ether oxygens (including phenoxy) is 1. The average molecular weight is 410 g/mol. The van der Waals surface area contributed by atoms with E-state index in [0.29, 0.717) is 0 Å². The number of carbonyl (C=O) groups is 3. The number of aliphatic carboxylic acids is 1. The van der Waals surface area contributed by atoms with Crippen molar-refractivity contribution in [3.8, 4) is 0 Å². The van der Waals surface area contributed by atoms with Crippen LogP contribution < -0.4 is 5.73 Å². The zero-order valence-electron chi connectivity index (χ0n) is 15.2. The highest BCUT2D eigenvalue weighted by Crippen LogP contribution is 2.40. The van der Waals surface area contributed by atoms with Crippen LogP contribution in [0.25, 0.3) is 0 Å². The molecule has 0 spiro atoms. The van der Waals surface area contributed by atoms with Crippen LogP contribution >= 0.6 is 11.8 Å². The summed E-state index contributed by atoms with van der Waals surface area (Å²) in [5.74, 6) is -2.52. The van der Waals surface area contributed by atoms with E-state index < -0.39 is 35.4 Å². The molecule has 8 heteroatoms. The third-order valence-corrected chi connectivity index (χ3v) is 6.19. The van der Waals surface area contributed by atoms with E-state index in [2.05, 4.69) is 0 Å². The number of β-lactam (4-membered cyclic amide) rings is 1. The SMILES string of the molecule is NC1C(=O)N2C(C(=O)OC(c3ccccc3)c3ccccc3)=C(C(=O)O)CS[C@H]12. The Morgan fingerprint density at radius 3 is 2.14 bits per heavy atom. The van der Waals surface area contributed by atoms with Crippen molar-refractivity contribution in [3.05, 3.63) is 83.1 Å². The van der Waals surface area contributed by atoms with Gasteiger partial charge in [-0.2, -0.15) is 0 Å². The van der Waals surface area contributed by atoms with Crippen molar-refractivity contribution in [2.24, 2.45) is 5.73 Å². The molecule has 2 aliphatic heterocycles. The minimum atomic E-state index is -1.26. The van der Waals surface area contributed by atoms with E-state index in [0.717, 1.165) is 16.0 Å². The monoisotopic (exact) mass is 410 g/mol. The first-order valence-corrected chi connectivity index (χ1v) is 10.0. The summed E-state index contributed by atoms with van der Waals surface area (Å²) in [5.41, 5.74) is 6.89. The summed E-state index contributed by atoms with van der Waals surface area (Å²) in [4.78, 5) is 38.2. The maximum Gasteiger partial charge on any atom is 0.356 e. The quantitative estimate of drug-likeness (QED) is 0.572. The summed E-state index contributed by atoms with van der Waals surface area (Å²) in [6.07, 6.45) is -0.745. The first-order chi connectivity index (χ1) is 14.0. The number of nitrogens with two attached hydrogens (primary N) is 1. The third kappa shape index (κ3) is 3.41. The van der Waals surface area contributed by atoms with Gasteiger partial charge in [-0.05, 0) is 11.1 Å². The molecule has 4 rings (SSSR count). The first-order valence-electron chi connectivity index (χ1n) is 8.96. The van der Waals surface area contributed by atoms with Crippen LogP contribution in [-0.4, -0.2) is 45.0 Å². The van der Waals surface area contributed by atoms with Crippen molar-refractivity contribution in [1.29, 1.82) is 0 Å². The number of fused-ring (bicyclic) bond motifs is 1. The van der Waals surface area contributed by atoms with Crippen molar-refractivity contribution >= 4 is 29.6 Å². The molecule has 2 atom stereocenters. The maximum atomic E-state index is 13.1. The molecule has 1 saturated heterocycles. The van der Waals surface area contributed by atoms with Crippen LogP contribution in [0.5, 0.6) is 0 Å². The molecule has 3 N–H and O–H groups in total. The van der Waals surface area contributed by atoms with Gasteiger partial charge in [-0.15, -0.1) is 11.8 Å². The fourth-order valence-corrected chi connectivity index (χ4v) is 4.70. The number of carboxylic acids is 1. The molecule has 148 valence electrons. The van der Waals surface area contributed by atoms with Crippen LogP contribution in [0.4, 0.5) is 0 Å². The Labute approximate surface area is 171 Å². The second-order valence-electron chi connectivity index (χ2n) is 6.67. The fraction of sp³-hybridized carbons (Fsp3) is 0.190. The summed E-state index contributed by atoms with van der Waals surface area (Å²) >= 11 is 1.23. The molecule has 1 fully saturated rings. The lowest BCUT2D eigenvalue weighted by Crippen LogP contribution is -2.68. The molecule has 7 nitrogen and oxygen atoms in total. The van der Waals surface area contributed by atoms with E-state index in [4.69, 9.17) is 10.5 Å². The summed E-state index contributed by atoms with van der Waals surface area (Å²) < 4.78 is 5.77. The molecule has 1 amide bonds. The van der Waals surface area contributed by atoms with Gasteiger partial charge in [-0.3, -0.25) is 9.69 Å². The molecule has 1 unspecified atom stereocenters. The summed E-state index contributed by atoms with van der Waals surface area (Å²) in [6, 6.07) is 17.5. The molecule has 0 aromatic heterocycles. The molecule has 0 saturated carbocycles. The number of amides is 1. The highest BCUT2D eigenvalue weighted by atomic mass is 32.2. The number of hydrogen-bond donors (Lipinski definition) is 2. The highest BCUT2D eigenvalue weighted by molar-refractivity contribution is 8.00. The van der Waals surface area contributed by atoms with Gasteiger partial charge in [-0.1, -0.05) is 60.7 Å². The third-order valence-electron chi connectivity index (χ3n) is 4.89. The average Bonchev–Trinajstić information content (AvgIpc) is 2.76. The van der Waals surface area contributed by atoms with Gasteiger partial charge in [0.05, 0.1) is 5.57 Å². The Bertz CT molecular complexity index is 953. The lowest BCUT2D eigenvalue weighted by Gasteiger charge is -2.47. The number of carboxylic acid groups (broad SMARTS) is 1. The summed E-state index contributed by atoms with van der Waals surface area (Å²) in [6.45, 7) is 0. The van der Waals surface area contributed by atoms with E-state index in [1.54, 1.807) is 0 Å². The second kappa shape index (κ2) is 7.73. The number of benzene rings is 2. The van der Waals surface area contributed by atoms with Crippen LogP contribution in [0.3, 0.4) is 0 Å². The lowest BCUT2D eigenvalue weighted by molar-refractivity contribution is -0.153.